The van der Waals surface area contributed by atoms with Crippen molar-refractivity contribution in [3.63, 3.8) is 0 Å². The number of carboxylic acid groups (broad SMARTS) is 1. The van der Waals surface area contributed by atoms with Crippen LogP contribution in [-0.2, 0) is 11.2 Å². The molecule has 0 unspecified atom stereocenters. The molecule has 0 amide bonds. The molecule has 0 radical (unpaired) electrons. The van der Waals surface area contributed by atoms with E-state index in [0.29, 0.717) is 25.4 Å². The molecule has 0 spiro atoms. The lowest BCUT2D eigenvalue weighted by Crippen LogP contribution is -3.13. The van der Waals surface area contributed by atoms with Gasteiger partial charge < -0.3 is 24.3 Å². The molecule has 1 fully saturated rings. The predicted molar refractivity (Wildman–Crippen MR) is 85.8 cm³/mol. The fourth-order valence-corrected chi connectivity index (χ4v) is 2.95. The Labute approximate surface area is 138 Å². The van der Waals surface area contributed by atoms with Crippen LogP contribution in [0.15, 0.2) is 18.2 Å². The van der Waals surface area contributed by atoms with Crippen LogP contribution in [0.4, 0.5) is 0 Å². The Morgan fingerprint density at radius 2 is 1.96 bits per heavy atom. The molecule has 0 saturated carbocycles. The van der Waals surface area contributed by atoms with E-state index in [-0.39, 0.29) is 6.42 Å². The first kappa shape index (κ1) is 17.6. The number of aliphatic carboxylic acids is 1. The van der Waals surface area contributed by atoms with Crippen LogP contribution in [0.5, 0.6) is 11.5 Å². The molecule has 1 N–H and O–H groups in total. The van der Waals surface area contributed by atoms with Gasteiger partial charge in [0.1, 0.15) is 13.2 Å². The molecule has 0 atom stereocenters. The number of quaternary nitrogens is 1. The average molecular weight is 321 g/mol. The zero-order chi connectivity index (χ0) is 16.5. The second-order valence-electron chi connectivity index (χ2n) is 6.00. The van der Waals surface area contributed by atoms with Gasteiger partial charge in [-0.05, 0) is 56.7 Å². The minimum Gasteiger partial charge on any atom is -0.550 e. The fourth-order valence-electron chi connectivity index (χ4n) is 2.95. The van der Waals surface area contributed by atoms with Crippen LogP contribution in [0.2, 0.25) is 0 Å². The molecule has 1 saturated heterocycles. The maximum Gasteiger partial charge on any atom is 0.161 e. The van der Waals surface area contributed by atoms with Crippen molar-refractivity contribution in [1.82, 2.24) is 0 Å². The molecule has 2 rings (SSSR count). The second kappa shape index (κ2) is 9.40. The van der Waals surface area contributed by atoms with E-state index in [1.807, 2.05) is 25.1 Å². The van der Waals surface area contributed by atoms with E-state index in [1.54, 1.807) is 4.90 Å². The Balaban J connectivity index is 1.89. The van der Waals surface area contributed by atoms with Gasteiger partial charge in [-0.25, -0.2) is 0 Å². The van der Waals surface area contributed by atoms with Crippen LogP contribution in [0, 0.1) is 0 Å². The minimum atomic E-state index is -1.03. The van der Waals surface area contributed by atoms with E-state index >= 15 is 0 Å². The SMILES string of the molecule is CCOc1cc(CCC(=O)[O-])ccc1OCC[NH+]1CCCCC1. The number of rotatable bonds is 9. The van der Waals surface area contributed by atoms with E-state index in [4.69, 9.17) is 9.47 Å². The number of benzene rings is 1. The maximum absolute atomic E-state index is 10.6. The number of ether oxygens (including phenoxy) is 2. The normalized spacial score (nSPS) is 15.3. The van der Waals surface area contributed by atoms with E-state index < -0.39 is 5.97 Å². The maximum atomic E-state index is 10.6. The van der Waals surface area contributed by atoms with Crippen molar-refractivity contribution in [3.05, 3.63) is 23.8 Å². The summed E-state index contributed by atoms with van der Waals surface area (Å²) >= 11 is 0. The van der Waals surface area contributed by atoms with Crippen LogP contribution in [0.25, 0.3) is 0 Å². The highest BCUT2D eigenvalue weighted by Gasteiger charge is 2.14. The summed E-state index contributed by atoms with van der Waals surface area (Å²) in [6.45, 7) is 6.65. The summed E-state index contributed by atoms with van der Waals surface area (Å²) in [6.07, 6.45) is 4.44. The zero-order valence-electron chi connectivity index (χ0n) is 13.9. The van der Waals surface area contributed by atoms with E-state index in [9.17, 15) is 9.90 Å². The lowest BCUT2D eigenvalue weighted by molar-refractivity contribution is -0.904. The smallest absolute Gasteiger partial charge is 0.161 e. The summed E-state index contributed by atoms with van der Waals surface area (Å²) in [4.78, 5) is 12.2. The Morgan fingerprint density at radius 3 is 2.65 bits per heavy atom. The molecule has 1 aliphatic heterocycles. The molecule has 5 nitrogen and oxygen atoms in total. The fraction of sp³-hybridized carbons (Fsp3) is 0.611. The first-order valence-electron chi connectivity index (χ1n) is 8.61. The average Bonchev–Trinajstić information content (AvgIpc) is 2.56. The van der Waals surface area contributed by atoms with Gasteiger partial charge >= 0.3 is 0 Å². The lowest BCUT2D eigenvalue weighted by Gasteiger charge is -2.23. The van der Waals surface area contributed by atoms with Gasteiger partial charge in [0.2, 0.25) is 0 Å². The molecule has 0 bridgehead atoms. The largest absolute Gasteiger partial charge is 0.550 e. The minimum absolute atomic E-state index is 0.0179. The number of aryl methyl sites for hydroxylation is 1. The summed E-state index contributed by atoms with van der Waals surface area (Å²) in [5, 5.41) is 10.6. The third-order valence-corrected chi connectivity index (χ3v) is 4.20. The first-order chi connectivity index (χ1) is 11.2. The number of piperidine rings is 1. The van der Waals surface area contributed by atoms with Crippen molar-refractivity contribution >= 4 is 5.97 Å². The highest BCUT2D eigenvalue weighted by atomic mass is 16.5. The van der Waals surface area contributed by atoms with Crippen LogP contribution in [0.3, 0.4) is 0 Å². The molecular formula is C18H27NO4. The molecule has 0 aliphatic carbocycles. The number of carboxylic acids is 1. The van der Waals surface area contributed by atoms with Gasteiger partial charge in [-0.3, -0.25) is 0 Å². The second-order valence-corrected chi connectivity index (χ2v) is 6.00. The number of carbonyl (C=O) groups excluding carboxylic acids is 1. The monoisotopic (exact) mass is 321 g/mol. The van der Waals surface area contributed by atoms with E-state index in [0.717, 1.165) is 17.9 Å². The van der Waals surface area contributed by atoms with Crippen molar-refractivity contribution in [2.45, 2.75) is 39.0 Å². The van der Waals surface area contributed by atoms with Crippen molar-refractivity contribution in [3.8, 4) is 11.5 Å². The van der Waals surface area contributed by atoms with Crippen LogP contribution in [0.1, 0.15) is 38.2 Å². The van der Waals surface area contributed by atoms with Crippen molar-refractivity contribution in [1.29, 1.82) is 0 Å². The zero-order valence-corrected chi connectivity index (χ0v) is 13.9. The summed E-state index contributed by atoms with van der Waals surface area (Å²) in [7, 11) is 0. The van der Waals surface area contributed by atoms with Gasteiger partial charge in [0.05, 0.1) is 19.7 Å². The van der Waals surface area contributed by atoms with Crippen LogP contribution >= 0.6 is 0 Å². The third kappa shape index (κ3) is 6.10. The highest BCUT2D eigenvalue weighted by Crippen LogP contribution is 2.28. The van der Waals surface area contributed by atoms with Gasteiger partial charge in [-0.15, -0.1) is 0 Å². The van der Waals surface area contributed by atoms with Gasteiger partial charge in [0.15, 0.2) is 11.5 Å². The van der Waals surface area contributed by atoms with Crippen molar-refractivity contribution in [2.24, 2.45) is 0 Å². The van der Waals surface area contributed by atoms with Crippen LogP contribution in [-0.4, -0.2) is 38.8 Å². The van der Waals surface area contributed by atoms with Crippen LogP contribution < -0.4 is 19.5 Å². The van der Waals surface area contributed by atoms with Gasteiger partial charge in [0, 0.05) is 5.97 Å². The topological polar surface area (TPSA) is 63.0 Å². The van der Waals surface area contributed by atoms with Gasteiger partial charge in [-0.1, -0.05) is 6.07 Å². The van der Waals surface area contributed by atoms with Crippen molar-refractivity contribution in [2.75, 3.05) is 32.8 Å². The Hall–Kier alpha value is -1.75. The predicted octanol–water partition coefficient (Wildman–Crippen LogP) is 0.215. The molecule has 128 valence electrons. The number of nitrogens with one attached hydrogen (secondary N) is 1. The lowest BCUT2D eigenvalue weighted by atomic mass is 10.1. The third-order valence-electron chi connectivity index (χ3n) is 4.20. The molecule has 1 aliphatic rings. The summed E-state index contributed by atoms with van der Waals surface area (Å²) in [5.74, 6) is 0.394. The van der Waals surface area contributed by atoms with Gasteiger partial charge in [0.25, 0.3) is 0 Å². The summed E-state index contributed by atoms with van der Waals surface area (Å²) in [5.41, 5.74) is 0.923. The molecule has 1 aromatic rings. The summed E-state index contributed by atoms with van der Waals surface area (Å²) < 4.78 is 11.5. The quantitative estimate of drug-likeness (QED) is 0.706. The number of carbonyl (C=O) groups is 1. The van der Waals surface area contributed by atoms with Crippen molar-refractivity contribution < 1.29 is 24.3 Å². The van der Waals surface area contributed by atoms with E-state index in [2.05, 4.69) is 0 Å². The number of hydrogen-bond acceptors (Lipinski definition) is 4. The molecular weight excluding hydrogens is 294 g/mol. The molecule has 1 aromatic carbocycles. The molecule has 5 heteroatoms. The van der Waals surface area contributed by atoms with Gasteiger partial charge in [-0.2, -0.15) is 0 Å². The van der Waals surface area contributed by atoms with E-state index in [1.165, 1.54) is 32.4 Å². The standard InChI is InChI=1S/C18H27NO4/c1-2-22-17-14-15(7-9-18(20)21)6-8-16(17)23-13-12-19-10-4-3-5-11-19/h6,8,14H,2-5,7,9-13H2,1H3,(H,20,21). The summed E-state index contributed by atoms with van der Waals surface area (Å²) in [6, 6.07) is 5.64. The molecule has 0 aromatic heterocycles. The number of hydrogen-bond donors (Lipinski definition) is 1. The first-order valence-corrected chi connectivity index (χ1v) is 8.61. The number of likely N-dealkylation sites (tertiary alicyclic amines) is 1. The Bertz CT molecular complexity index is 498. The molecule has 23 heavy (non-hydrogen) atoms. The highest BCUT2D eigenvalue weighted by molar-refractivity contribution is 5.64. The molecule has 1 heterocycles. The Morgan fingerprint density at radius 1 is 1.17 bits per heavy atom. The Kier molecular flexibility index (Phi) is 7.20.